The molecule has 4 rings (SSSR count). The van der Waals surface area contributed by atoms with Crippen molar-refractivity contribution in [2.45, 2.75) is 51.5 Å². The zero-order valence-electron chi connectivity index (χ0n) is 19.0. The van der Waals surface area contributed by atoms with Crippen molar-refractivity contribution in [3.05, 3.63) is 71.8 Å². The fourth-order valence-corrected chi connectivity index (χ4v) is 4.85. The van der Waals surface area contributed by atoms with Crippen LogP contribution >= 0.6 is 0 Å². The first-order chi connectivity index (χ1) is 15.4. The summed E-state index contributed by atoms with van der Waals surface area (Å²) in [5, 5.41) is 9.46. The van der Waals surface area contributed by atoms with E-state index in [1.165, 1.54) is 31.2 Å². The number of fused-ring (bicyclic) bond motifs is 1. The average Bonchev–Trinajstić information content (AvgIpc) is 3.25. The lowest BCUT2D eigenvalue weighted by Gasteiger charge is -2.22. The largest absolute Gasteiger partial charge is 0.481 e. The van der Waals surface area contributed by atoms with E-state index in [-0.39, 0.29) is 18.4 Å². The Bertz CT molecular complexity index is 840. The van der Waals surface area contributed by atoms with Gasteiger partial charge in [-0.05, 0) is 49.1 Å². The lowest BCUT2D eigenvalue weighted by molar-refractivity contribution is -0.145. The lowest BCUT2D eigenvalue weighted by atomic mass is 9.82. The second-order valence-electron chi connectivity index (χ2n) is 9.23. The Morgan fingerprint density at radius 1 is 0.969 bits per heavy atom. The van der Waals surface area contributed by atoms with Crippen LogP contribution in [0.25, 0.3) is 0 Å². The molecule has 0 aromatic heterocycles. The van der Waals surface area contributed by atoms with Crippen LogP contribution in [0.3, 0.4) is 0 Å². The summed E-state index contributed by atoms with van der Waals surface area (Å²) >= 11 is 0. The third-order valence-electron chi connectivity index (χ3n) is 6.75. The maximum Gasteiger partial charge on any atom is 0.307 e. The van der Waals surface area contributed by atoms with Gasteiger partial charge in [0.15, 0.2) is 0 Å². The molecule has 2 aromatic rings. The minimum Gasteiger partial charge on any atom is -0.481 e. The molecule has 0 spiro atoms. The first-order valence-electron chi connectivity index (χ1n) is 11.8. The molecule has 5 nitrogen and oxygen atoms in total. The highest BCUT2D eigenvalue weighted by molar-refractivity contribution is 5.82. The van der Waals surface area contributed by atoms with Crippen molar-refractivity contribution in [2.75, 3.05) is 13.1 Å². The van der Waals surface area contributed by atoms with Crippen molar-refractivity contribution >= 4 is 11.9 Å². The molecular weight excluding hydrogens is 400 g/mol. The Kier molecular flexibility index (Phi) is 8.86. The van der Waals surface area contributed by atoms with Crippen LogP contribution in [0.4, 0.5) is 0 Å². The molecule has 172 valence electrons. The first-order valence-corrected chi connectivity index (χ1v) is 11.8. The third kappa shape index (κ3) is 6.92. The van der Waals surface area contributed by atoms with Crippen molar-refractivity contribution in [3.63, 3.8) is 0 Å². The molecule has 1 heterocycles. The number of aliphatic carboxylic acids is 1. The Hall–Kier alpha value is -2.66. The number of benzene rings is 2. The molecule has 1 amide bonds. The molecule has 2 aliphatic rings. The zero-order chi connectivity index (χ0) is 22.9. The molecule has 0 bridgehead atoms. The van der Waals surface area contributed by atoms with E-state index in [4.69, 9.17) is 5.73 Å². The van der Waals surface area contributed by atoms with Gasteiger partial charge in [0.05, 0.1) is 5.92 Å². The average molecular weight is 437 g/mol. The molecule has 0 radical (unpaired) electrons. The topological polar surface area (TPSA) is 83.6 Å². The summed E-state index contributed by atoms with van der Waals surface area (Å²) in [6.07, 6.45) is 5.53. The quantitative estimate of drug-likeness (QED) is 0.689. The summed E-state index contributed by atoms with van der Waals surface area (Å²) in [6.45, 7) is 3.65. The van der Waals surface area contributed by atoms with Gasteiger partial charge in [-0.15, -0.1) is 0 Å². The van der Waals surface area contributed by atoms with Crippen LogP contribution in [0.15, 0.2) is 60.7 Å². The van der Waals surface area contributed by atoms with E-state index in [9.17, 15) is 14.7 Å². The number of carbonyl (C=O) groups is 2. The molecule has 4 atom stereocenters. The molecule has 2 fully saturated rings. The highest BCUT2D eigenvalue weighted by Gasteiger charge is 2.37. The normalized spacial score (nSPS) is 21.6. The number of rotatable bonds is 6. The number of carboxylic acid groups (broad SMARTS) is 1. The van der Waals surface area contributed by atoms with Crippen LogP contribution in [0, 0.1) is 17.8 Å². The van der Waals surface area contributed by atoms with Crippen LogP contribution in [-0.2, 0) is 16.0 Å². The molecule has 32 heavy (non-hydrogen) atoms. The SMILES string of the molecule is C[C@@H](N)c1ccccc1.O=C(O)[C@H](CC(=O)N1C[C@H]2CCCC[C@H]2C1)Cc1ccccc1. The monoisotopic (exact) mass is 436 g/mol. The number of hydrogen-bond donors (Lipinski definition) is 2. The third-order valence-corrected chi connectivity index (χ3v) is 6.75. The van der Waals surface area contributed by atoms with Gasteiger partial charge in [-0.2, -0.15) is 0 Å². The molecule has 1 saturated carbocycles. The Morgan fingerprint density at radius 2 is 1.50 bits per heavy atom. The second kappa shape index (κ2) is 11.8. The minimum atomic E-state index is -0.876. The summed E-state index contributed by atoms with van der Waals surface area (Å²) in [4.78, 5) is 26.0. The van der Waals surface area contributed by atoms with Gasteiger partial charge in [0.25, 0.3) is 0 Å². The smallest absolute Gasteiger partial charge is 0.307 e. The number of likely N-dealkylation sites (tertiary alicyclic amines) is 1. The van der Waals surface area contributed by atoms with Gasteiger partial charge in [0, 0.05) is 25.6 Å². The maximum atomic E-state index is 12.6. The van der Waals surface area contributed by atoms with Crippen LogP contribution < -0.4 is 5.73 Å². The molecule has 5 heteroatoms. The van der Waals surface area contributed by atoms with E-state index in [0.29, 0.717) is 18.3 Å². The van der Waals surface area contributed by atoms with Gasteiger partial charge in [0.2, 0.25) is 5.91 Å². The van der Waals surface area contributed by atoms with E-state index < -0.39 is 11.9 Å². The summed E-state index contributed by atoms with van der Waals surface area (Å²) < 4.78 is 0. The van der Waals surface area contributed by atoms with Crippen molar-refractivity contribution in [3.8, 4) is 0 Å². The second-order valence-corrected chi connectivity index (χ2v) is 9.23. The van der Waals surface area contributed by atoms with Crippen molar-refractivity contribution in [2.24, 2.45) is 23.5 Å². The number of carboxylic acids is 1. The van der Waals surface area contributed by atoms with Crippen molar-refractivity contribution < 1.29 is 14.7 Å². The van der Waals surface area contributed by atoms with Crippen LogP contribution in [0.5, 0.6) is 0 Å². The van der Waals surface area contributed by atoms with Gasteiger partial charge < -0.3 is 15.7 Å². The van der Waals surface area contributed by atoms with Crippen molar-refractivity contribution in [1.29, 1.82) is 0 Å². The van der Waals surface area contributed by atoms with Crippen LogP contribution in [-0.4, -0.2) is 35.0 Å². The summed E-state index contributed by atoms with van der Waals surface area (Å²) in [5.41, 5.74) is 7.78. The highest BCUT2D eigenvalue weighted by atomic mass is 16.4. The van der Waals surface area contributed by atoms with E-state index >= 15 is 0 Å². The Balaban J connectivity index is 0.000000269. The van der Waals surface area contributed by atoms with Gasteiger partial charge >= 0.3 is 5.97 Å². The molecule has 0 unspecified atom stereocenters. The maximum absolute atomic E-state index is 12.6. The van der Waals surface area contributed by atoms with Crippen LogP contribution in [0.1, 0.15) is 56.2 Å². The highest BCUT2D eigenvalue weighted by Crippen LogP contribution is 2.36. The summed E-state index contributed by atoms with van der Waals surface area (Å²) in [6, 6.07) is 19.8. The van der Waals surface area contributed by atoms with Gasteiger partial charge in [0.1, 0.15) is 0 Å². The van der Waals surface area contributed by atoms with E-state index in [1.807, 2.05) is 72.5 Å². The van der Waals surface area contributed by atoms with E-state index in [0.717, 1.165) is 18.7 Å². The van der Waals surface area contributed by atoms with Crippen molar-refractivity contribution in [1.82, 2.24) is 4.90 Å². The summed E-state index contributed by atoms with van der Waals surface area (Å²) in [7, 11) is 0. The molecule has 1 saturated heterocycles. The van der Waals surface area contributed by atoms with E-state index in [1.54, 1.807) is 0 Å². The fraction of sp³-hybridized carbons (Fsp3) is 0.481. The van der Waals surface area contributed by atoms with Gasteiger partial charge in [-0.25, -0.2) is 0 Å². The fourth-order valence-electron chi connectivity index (χ4n) is 4.85. The predicted molar refractivity (Wildman–Crippen MR) is 127 cm³/mol. The first kappa shape index (κ1) is 24.0. The molecule has 2 aromatic carbocycles. The number of nitrogens with zero attached hydrogens (tertiary/aromatic N) is 1. The van der Waals surface area contributed by atoms with Crippen LogP contribution in [0.2, 0.25) is 0 Å². The number of amides is 1. The number of carbonyl (C=O) groups excluding carboxylic acids is 1. The number of nitrogens with two attached hydrogens (primary N) is 1. The van der Waals surface area contributed by atoms with E-state index in [2.05, 4.69) is 0 Å². The Morgan fingerprint density at radius 3 is 1.97 bits per heavy atom. The molecule has 3 N–H and O–H groups in total. The van der Waals surface area contributed by atoms with Gasteiger partial charge in [-0.3, -0.25) is 9.59 Å². The molecular formula is C27H36N2O3. The Labute approximate surface area is 191 Å². The standard InChI is InChI=1S/C19H25NO3.C8H11N/c21-18(20-12-15-8-4-5-9-16(15)13-20)11-17(19(22)23)10-14-6-2-1-3-7-14;1-7(9)8-5-3-2-4-6-8/h1-3,6-7,15-17H,4-5,8-13H2,(H,22,23);2-7H,9H2,1H3/t15-,16+,17-;7-/m01/s1. The summed E-state index contributed by atoms with van der Waals surface area (Å²) in [5.74, 6) is -0.204. The number of hydrogen-bond acceptors (Lipinski definition) is 3. The minimum absolute atomic E-state index is 0.0164. The zero-order valence-corrected chi connectivity index (χ0v) is 19.0. The lowest BCUT2D eigenvalue weighted by Crippen LogP contribution is -2.33. The molecule has 1 aliphatic carbocycles. The molecule has 1 aliphatic heterocycles. The predicted octanol–water partition coefficient (Wildman–Crippen LogP) is 4.67. The van der Waals surface area contributed by atoms with Gasteiger partial charge in [-0.1, -0.05) is 73.5 Å².